The van der Waals surface area contributed by atoms with Crippen LogP contribution in [0.4, 0.5) is 18.9 Å². The number of pyridine rings is 2. The number of alkyl halides is 3. The Morgan fingerprint density at radius 1 is 1.32 bits per heavy atom. The van der Waals surface area contributed by atoms with Crippen LogP contribution in [0.1, 0.15) is 17.7 Å². The lowest BCUT2D eigenvalue weighted by atomic mass is 10.2. The van der Waals surface area contributed by atoms with Crippen LogP contribution in [-0.4, -0.2) is 44.5 Å². The molecule has 0 aliphatic carbocycles. The molecule has 0 bridgehead atoms. The van der Waals surface area contributed by atoms with E-state index in [9.17, 15) is 18.0 Å². The van der Waals surface area contributed by atoms with Gasteiger partial charge in [-0.3, -0.25) is 14.8 Å². The molecule has 0 aromatic carbocycles. The summed E-state index contributed by atoms with van der Waals surface area (Å²) in [5, 5.41) is 7.78. The molecule has 0 saturated heterocycles. The van der Waals surface area contributed by atoms with Crippen LogP contribution in [0.3, 0.4) is 0 Å². The van der Waals surface area contributed by atoms with E-state index in [0.717, 1.165) is 18.3 Å². The second-order valence-corrected chi connectivity index (χ2v) is 8.26. The van der Waals surface area contributed by atoms with E-state index in [-0.39, 0.29) is 42.0 Å². The van der Waals surface area contributed by atoms with Gasteiger partial charge in [0.2, 0.25) is 5.91 Å². The van der Waals surface area contributed by atoms with Crippen LogP contribution in [0, 0.1) is 0 Å². The van der Waals surface area contributed by atoms with E-state index < -0.39 is 11.7 Å². The summed E-state index contributed by atoms with van der Waals surface area (Å²) in [7, 11) is 0. The van der Waals surface area contributed by atoms with Gasteiger partial charge in [-0.1, -0.05) is 16.7 Å². The normalized spacial score (nSPS) is 11.2. The Kier molecular flexibility index (Phi) is 8.74. The molecule has 0 radical (unpaired) electrons. The zero-order valence-corrected chi connectivity index (χ0v) is 19.1. The number of hydrogen-bond donors (Lipinski definition) is 0. The maximum atomic E-state index is 12.9. The van der Waals surface area contributed by atoms with Gasteiger partial charge in [-0.05, 0) is 29.8 Å². The molecule has 178 valence electrons. The molecule has 0 spiro atoms. The summed E-state index contributed by atoms with van der Waals surface area (Å²) in [6, 6.07) is 5.40. The Bertz CT molecular complexity index is 1170. The van der Waals surface area contributed by atoms with Gasteiger partial charge in [0.1, 0.15) is 5.69 Å². The van der Waals surface area contributed by atoms with Gasteiger partial charge in [0.05, 0.1) is 29.3 Å². The van der Waals surface area contributed by atoms with Crippen LogP contribution < -0.4 is 4.90 Å². The van der Waals surface area contributed by atoms with Crippen LogP contribution in [0.2, 0.25) is 5.15 Å². The van der Waals surface area contributed by atoms with Gasteiger partial charge in [-0.2, -0.15) is 30.0 Å². The van der Waals surface area contributed by atoms with Crippen LogP contribution >= 0.6 is 23.4 Å². The van der Waals surface area contributed by atoms with E-state index in [1.807, 2.05) is 0 Å². The van der Waals surface area contributed by atoms with Crippen molar-refractivity contribution >= 4 is 35.0 Å². The highest BCUT2D eigenvalue weighted by Gasteiger charge is 2.30. The fraction of sp³-hybridized carbons (Fsp3) is 0.300. The molecule has 0 saturated carbocycles. The molecular weight excluding hydrogens is 493 g/mol. The summed E-state index contributed by atoms with van der Waals surface area (Å²) in [6.45, 7) is 0.110. The van der Waals surface area contributed by atoms with Crippen molar-refractivity contribution in [3.8, 4) is 5.69 Å². The number of halogens is 4. The molecular formula is C20H18ClF3N8OS. The first kappa shape index (κ1) is 25.3. The van der Waals surface area contributed by atoms with Gasteiger partial charge in [-0.25, -0.2) is 4.68 Å². The summed E-state index contributed by atoms with van der Waals surface area (Å²) in [5.74, 6) is 0.254. The minimum atomic E-state index is -4.44. The Morgan fingerprint density at radius 2 is 2.15 bits per heavy atom. The maximum Gasteiger partial charge on any atom is 0.416 e. The van der Waals surface area contributed by atoms with Gasteiger partial charge >= 0.3 is 6.18 Å². The molecule has 0 atom stereocenters. The average molecular weight is 511 g/mol. The van der Waals surface area contributed by atoms with Crippen molar-refractivity contribution < 1.29 is 18.0 Å². The lowest BCUT2D eigenvalue weighted by Gasteiger charge is -2.20. The third-order valence-corrected chi connectivity index (χ3v) is 5.76. The second-order valence-electron chi connectivity index (χ2n) is 6.80. The van der Waals surface area contributed by atoms with Crippen molar-refractivity contribution in [2.45, 2.75) is 18.3 Å². The van der Waals surface area contributed by atoms with E-state index >= 15 is 0 Å². The Balaban J connectivity index is 1.66. The molecule has 0 aliphatic rings. The number of carbonyl (C=O) groups excluding carboxylic acids is 1. The second kappa shape index (κ2) is 11.7. The molecule has 0 unspecified atom stereocenters. The van der Waals surface area contributed by atoms with Gasteiger partial charge in [0.25, 0.3) is 0 Å². The van der Waals surface area contributed by atoms with Crippen molar-refractivity contribution in [3.63, 3.8) is 0 Å². The zero-order chi connectivity index (χ0) is 24.6. The lowest BCUT2D eigenvalue weighted by molar-refractivity contribution is -0.137. The predicted molar refractivity (Wildman–Crippen MR) is 123 cm³/mol. The van der Waals surface area contributed by atoms with Crippen LogP contribution in [0.15, 0.2) is 54.2 Å². The number of carbonyl (C=O) groups is 1. The number of anilines is 1. The number of nitrogens with zero attached hydrogens (tertiary/aromatic N) is 8. The molecule has 14 heteroatoms. The summed E-state index contributed by atoms with van der Waals surface area (Å²) < 4.78 is 40.0. The minimum Gasteiger partial charge on any atom is -0.308 e. The van der Waals surface area contributed by atoms with Crippen molar-refractivity contribution in [3.05, 3.63) is 75.9 Å². The predicted octanol–water partition coefficient (Wildman–Crippen LogP) is 5.30. The molecule has 3 aromatic rings. The lowest BCUT2D eigenvalue weighted by Crippen LogP contribution is -2.33. The van der Waals surface area contributed by atoms with Gasteiger partial charge < -0.3 is 4.90 Å². The van der Waals surface area contributed by atoms with Crippen LogP contribution in [-0.2, 0) is 16.7 Å². The van der Waals surface area contributed by atoms with Crippen LogP contribution in [0.25, 0.3) is 16.1 Å². The van der Waals surface area contributed by atoms with Gasteiger partial charge in [-0.15, -0.1) is 0 Å². The third-order valence-electron chi connectivity index (χ3n) is 4.49. The summed E-state index contributed by atoms with van der Waals surface area (Å²) >= 11 is 7.56. The highest BCUT2D eigenvalue weighted by Crippen LogP contribution is 2.30. The molecule has 0 N–H and O–H groups in total. The largest absolute Gasteiger partial charge is 0.416 e. The highest BCUT2D eigenvalue weighted by molar-refractivity contribution is 7.98. The molecule has 1 amide bonds. The van der Waals surface area contributed by atoms with E-state index in [1.165, 1.54) is 21.3 Å². The van der Waals surface area contributed by atoms with E-state index in [2.05, 4.69) is 25.1 Å². The Morgan fingerprint density at radius 3 is 2.85 bits per heavy atom. The Labute approximate surface area is 201 Å². The summed E-state index contributed by atoms with van der Waals surface area (Å²) in [6.07, 6.45) is 1.52. The van der Waals surface area contributed by atoms with Crippen molar-refractivity contribution in [1.29, 1.82) is 0 Å². The standard InChI is InChI=1S/C20H18ClF3N8OS/c21-19-17(12-32(29-19)16-2-1-5-26-11-16)31(8-7-28-30-25)18(33)4-9-34-13-15-10-14(3-6-27-15)20(22,23)24/h1-3,5-6,10-12H,4,7-9,13H2. The molecule has 9 nitrogen and oxygen atoms in total. The first-order chi connectivity index (χ1) is 16.3. The number of hydrogen-bond acceptors (Lipinski definition) is 6. The average Bonchev–Trinajstić information content (AvgIpc) is 3.21. The molecule has 0 aliphatic heterocycles. The molecule has 3 aromatic heterocycles. The molecule has 3 heterocycles. The SMILES string of the molecule is [N-]=[N+]=NCCN(C(=O)CCSCc1cc(C(F)(F)F)ccn1)c1cn(-c2cccnc2)nc1Cl. The monoisotopic (exact) mass is 510 g/mol. The number of amides is 1. The number of rotatable bonds is 10. The third kappa shape index (κ3) is 6.86. The summed E-state index contributed by atoms with van der Waals surface area (Å²) in [5.41, 5.74) is 9.06. The smallest absolute Gasteiger partial charge is 0.308 e. The highest BCUT2D eigenvalue weighted by atomic mass is 35.5. The molecule has 34 heavy (non-hydrogen) atoms. The number of thioether (sulfide) groups is 1. The quantitative estimate of drug-likeness (QED) is 0.159. The molecule has 3 rings (SSSR count). The van der Waals surface area contributed by atoms with E-state index in [1.54, 1.807) is 30.7 Å². The first-order valence-corrected chi connectivity index (χ1v) is 11.4. The first-order valence-electron chi connectivity index (χ1n) is 9.86. The fourth-order valence-electron chi connectivity index (χ4n) is 2.92. The maximum absolute atomic E-state index is 12.9. The molecule has 0 fully saturated rings. The van der Waals surface area contributed by atoms with Gasteiger partial charge in [0, 0.05) is 48.3 Å². The van der Waals surface area contributed by atoms with Crippen molar-refractivity contribution in [2.24, 2.45) is 5.11 Å². The fourth-order valence-corrected chi connectivity index (χ4v) is 3.98. The zero-order valence-electron chi connectivity index (χ0n) is 17.6. The Hall–Kier alpha value is -3.28. The van der Waals surface area contributed by atoms with Crippen LogP contribution in [0.5, 0.6) is 0 Å². The van der Waals surface area contributed by atoms with Gasteiger partial charge in [0.15, 0.2) is 5.15 Å². The topological polar surface area (TPSA) is 113 Å². The van der Waals surface area contributed by atoms with Crippen molar-refractivity contribution in [1.82, 2.24) is 19.7 Å². The summed E-state index contributed by atoms with van der Waals surface area (Å²) in [4.78, 5) is 25.0. The number of azide groups is 1. The van der Waals surface area contributed by atoms with E-state index in [0.29, 0.717) is 17.1 Å². The number of aromatic nitrogens is 4. The van der Waals surface area contributed by atoms with E-state index in [4.69, 9.17) is 17.1 Å². The van der Waals surface area contributed by atoms with Crippen molar-refractivity contribution in [2.75, 3.05) is 23.7 Å². The minimum absolute atomic E-state index is 0.0257.